The molecule has 5 nitrogen and oxygen atoms in total. The Kier molecular flexibility index (Phi) is 8.53. The van der Waals surface area contributed by atoms with Gasteiger partial charge in [0.05, 0.1) is 11.8 Å². The number of rotatable bonds is 5. The molecule has 2 aliphatic carbocycles. The van der Waals surface area contributed by atoms with Gasteiger partial charge in [0.15, 0.2) is 0 Å². The molecule has 1 atom stereocenters. The van der Waals surface area contributed by atoms with Crippen molar-refractivity contribution in [3.63, 3.8) is 0 Å². The molecule has 4 aliphatic rings. The first-order chi connectivity index (χ1) is 22.2. The van der Waals surface area contributed by atoms with Crippen molar-refractivity contribution in [3.05, 3.63) is 155 Å². The van der Waals surface area contributed by atoms with Crippen LogP contribution in [0, 0.1) is 11.3 Å². The van der Waals surface area contributed by atoms with E-state index < -0.39 is 5.54 Å². The molecule has 4 aromatic carbocycles. The zero-order valence-electron chi connectivity index (χ0n) is 25.8. The number of para-hydroxylation sites is 2. The zero-order valence-corrected chi connectivity index (χ0v) is 25.8. The fourth-order valence-electron chi connectivity index (χ4n) is 6.23. The highest BCUT2D eigenvalue weighted by Crippen LogP contribution is 2.46. The lowest BCUT2D eigenvalue weighted by atomic mass is 9.78. The molecule has 0 aromatic heterocycles. The van der Waals surface area contributed by atoms with Gasteiger partial charge in [-0.15, -0.1) is 5.73 Å². The first-order valence-electron chi connectivity index (χ1n) is 15.5. The molecule has 222 valence electrons. The van der Waals surface area contributed by atoms with E-state index >= 15 is 0 Å². The minimum absolute atomic E-state index is 0.514. The van der Waals surface area contributed by atoms with Crippen LogP contribution < -0.4 is 20.9 Å². The topological polar surface area (TPSA) is 69.1 Å². The standard InChI is InChI=1S/C36H27N3O.C2H3N.C2H6/c1-2-10-25(9-1)36(31-13-5-7-15-33(31)38-39-36)26-18-20-27(21-19-26)37-32-14-6-3-12-29(32)30-22-17-24-23-35(30)40-34-16-8-4-11-28(24)34;1-2-3;1-2/h1-7,9,11-15,17-23,37-39H,8,16H2;1H3;1-2H3. The molecule has 45 heavy (non-hydrogen) atoms. The van der Waals surface area contributed by atoms with Crippen molar-refractivity contribution in [2.45, 2.75) is 39.2 Å². The van der Waals surface area contributed by atoms with E-state index in [1.54, 1.807) is 6.07 Å². The van der Waals surface area contributed by atoms with Gasteiger partial charge >= 0.3 is 0 Å². The summed E-state index contributed by atoms with van der Waals surface area (Å²) in [5, 5.41) is 11.0. The lowest BCUT2D eigenvalue weighted by molar-refractivity contribution is 0.403. The predicted octanol–water partition coefficient (Wildman–Crippen LogP) is 9.93. The quantitative estimate of drug-likeness (QED) is 0.202. The van der Waals surface area contributed by atoms with E-state index in [9.17, 15) is 0 Å². The van der Waals surface area contributed by atoms with Gasteiger partial charge in [0.1, 0.15) is 17.0 Å². The number of hydrazine groups is 1. The molecule has 5 heteroatoms. The smallest absolute Gasteiger partial charge is 0.135 e. The number of benzene rings is 4. The van der Waals surface area contributed by atoms with Gasteiger partial charge in [-0.3, -0.25) is 0 Å². The molecule has 2 heterocycles. The monoisotopic (exact) mass is 588 g/mol. The Bertz CT molecular complexity index is 1930. The molecule has 0 radical (unpaired) electrons. The summed E-state index contributed by atoms with van der Waals surface area (Å²) in [6.07, 6.45) is 12.5. The number of hydrogen-bond donors (Lipinski definition) is 3. The molecule has 3 N–H and O–H groups in total. The van der Waals surface area contributed by atoms with Gasteiger partial charge in [-0.1, -0.05) is 86.7 Å². The molecule has 8 rings (SSSR count). The second kappa shape index (κ2) is 13.0. The van der Waals surface area contributed by atoms with Crippen molar-refractivity contribution < 1.29 is 4.74 Å². The van der Waals surface area contributed by atoms with Gasteiger partial charge < -0.3 is 15.5 Å². The molecule has 0 saturated carbocycles. The second-order valence-electron chi connectivity index (χ2n) is 10.7. The molecule has 0 saturated heterocycles. The van der Waals surface area contributed by atoms with Gasteiger partial charge in [-0.05, 0) is 66.1 Å². The molecular weight excluding hydrogens is 552 g/mol. The Labute approximate surface area is 265 Å². The van der Waals surface area contributed by atoms with Crippen LogP contribution in [0.5, 0.6) is 5.75 Å². The number of ether oxygens (including phenoxy) is 1. The molecule has 0 fully saturated rings. The summed E-state index contributed by atoms with van der Waals surface area (Å²) < 4.78 is 6.42. The highest BCUT2D eigenvalue weighted by Gasteiger charge is 2.43. The SMILES string of the molecule is C1=CC=CC=1C1(c2ccc(Nc3ccccc3-c3ccc4cc3OC3=C4C=CCC3)cc2)NNc2ccccc21.CC.CC#N. The molecule has 0 spiro atoms. The van der Waals surface area contributed by atoms with E-state index in [0.29, 0.717) is 0 Å². The maximum Gasteiger partial charge on any atom is 0.135 e. The Morgan fingerprint density at radius 2 is 1.69 bits per heavy atom. The molecule has 2 bridgehead atoms. The van der Waals surface area contributed by atoms with Gasteiger partial charge in [-0.2, -0.15) is 5.26 Å². The number of fused-ring (bicyclic) bond motifs is 4. The van der Waals surface area contributed by atoms with Crippen molar-refractivity contribution in [2.24, 2.45) is 0 Å². The van der Waals surface area contributed by atoms with Crippen LogP contribution in [0.1, 0.15) is 50.3 Å². The molecular formula is C40H36N4O. The number of nitrogens with one attached hydrogen (secondary N) is 3. The van der Waals surface area contributed by atoms with Gasteiger partial charge in [-0.25, -0.2) is 5.43 Å². The van der Waals surface area contributed by atoms with E-state index in [4.69, 9.17) is 10.00 Å². The summed E-state index contributed by atoms with van der Waals surface area (Å²) in [5.74, 6) is 1.99. The van der Waals surface area contributed by atoms with Crippen LogP contribution in [0.25, 0.3) is 16.7 Å². The average Bonchev–Trinajstić information content (AvgIpc) is 3.77. The van der Waals surface area contributed by atoms with Crippen molar-refractivity contribution in [3.8, 4) is 22.9 Å². The van der Waals surface area contributed by atoms with Crippen molar-refractivity contribution in [1.29, 1.82) is 5.26 Å². The van der Waals surface area contributed by atoms with Gasteiger partial charge in [0, 0.05) is 52.6 Å². The summed E-state index contributed by atoms with van der Waals surface area (Å²) in [5.41, 5.74) is 21.1. The third kappa shape index (κ3) is 5.39. The van der Waals surface area contributed by atoms with Crippen molar-refractivity contribution in [1.82, 2.24) is 5.43 Å². The zero-order chi connectivity index (χ0) is 31.2. The number of anilines is 3. The lowest BCUT2D eigenvalue weighted by Gasteiger charge is -2.30. The molecule has 2 aliphatic heterocycles. The van der Waals surface area contributed by atoms with E-state index in [1.165, 1.54) is 23.6 Å². The highest BCUT2D eigenvalue weighted by atomic mass is 16.5. The third-order valence-electron chi connectivity index (χ3n) is 8.18. The van der Waals surface area contributed by atoms with E-state index in [-0.39, 0.29) is 0 Å². The first kappa shape index (κ1) is 29.5. The Hall–Kier alpha value is -5.53. The van der Waals surface area contributed by atoms with E-state index in [2.05, 4.69) is 131 Å². The fourth-order valence-corrected chi connectivity index (χ4v) is 6.23. The van der Waals surface area contributed by atoms with Crippen LogP contribution in [0.4, 0.5) is 17.1 Å². The highest BCUT2D eigenvalue weighted by molar-refractivity contribution is 5.88. The van der Waals surface area contributed by atoms with Crippen molar-refractivity contribution in [2.75, 3.05) is 10.7 Å². The average molecular weight is 589 g/mol. The van der Waals surface area contributed by atoms with Crippen LogP contribution >= 0.6 is 0 Å². The first-order valence-corrected chi connectivity index (χ1v) is 15.5. The number of allylic oxidation sites excluding steroid dienone is 5. The van der Waals surface area contributed by atoms with Crippen molar-refractivity contribution >= 4 is 22.6 Å². The van der Waals surface area contributed by atoms with Crippen LogP contribution in [-0.4, -0.2) is 0 Å². The largest absolute Gasteiger partial charge is 0.460 e. The minimum atomic E-state index is -0.514. The van der Waals surface area contributed by atoms with Gasteiger partial charge in [0.25, 0.3) is 0 Å². The second-order valence-corrected chi connectivity index (χ2v) is 10.7. The van der Waals surface area contributed by atoms with Gasteiger partial charge in [0.2, 0.25) is 0 Å². The summed E-state index contributed by atoms with van der Waals surface area (Å²) in [4.78, 5) is 0. The Balaban J connectivity index is 0.000000676. The Morgan fingerprint density at radius 1 is 0.911 bits per heavy atom. The summed E-state index contributed by atoms with van der Waals surface area (Å²) in [6.45, 7) is 5.43. The predicted molar refractivity (Wildman–Crippen MR) is 185 cm³/mol. The maximum absolute atomic E-state index is 7.32. The normalized spacial score (nSPS) is 17.7. The number of hydrogen-bond acceptors (Lipinski definition) is 5. The fraction of sp³-hybridized carbons (Fsp3) is 0.150. The van der Waals surface area contributed by atoms with Crippen LogP contribution in [-0.2, 0) is 5.54 Å². The number of nitriles is 1. The third-order valence-corrected chi connectivity index (χ3v) is 8.18. The summed E-state index contributed by atoms with van der Waals surface area (Å²) in [6, 6.07) is 33.8. The Morgan fingerprint density at radius 3 is 2.49 bits per heavy atom. The van der Waals surface area contributed by atoms with Crippen LogP contribution in [0.15, 0.2) is 138 Å². The summed E-state index contributed by atoms with van der Waals surface area (Å²) >= 11 is 0. The van der Waals surface area contributed by atoms with E-state index in [1.807, 2.05) is 26.0 Å². The van der Waals surface area contributed by atoms with Crippen LogP contribution in [0.3, 0.4) is 0 Å². The lowest BCUT2D eigenvalue weighted by Crippen LogP contribution is -2.41. The molecule has 0 amide bonds. The molecule has 4 aromatic rings. The maximum atomic E-state index is 7.32. The van der Waals surface area contributed by atoms with E-state index in [0.717, 1.165) is 63.7 Å². The molecule has 1 unspecified atom stereocenters. The van der Waals surface area contributed by atoms with Crippen LogP contribution in [0.2, 0.25) is 0 Å². The summed E-state index contributed by atoms with van der Waals surface area (Å²) in [7, 11) is 0. The minimum Gasteiger partial charge on any atom is -0.460 e. The number of nitrogens with zero attached hydrogens (tertiary/aromatic N) is 1.